The average molecular weight is 114 g/mol. The molecule has 1 saturated carbocycles. The Balaban J connectivity index is 1.89. The Kier molecular flexibility index (Phi) is 1.02. The fourth-order valence-electron chi connectivity index (χ4n) is 1.03. The van der Waals surface area contributed by atoms with Crippen LogP contribution in [0, 0.1) is 0 Å². The molecule has 0 amide bonds. The number of fused-ring (bicyclic) bond motifs is 1. The maximum absolute atomic E-state index is 5.35. The molecule has 46 valence electrons. The molecule has 1 saturated heterocycles. The standard InChI is InChI=1S/C6H10O2/c1-2-7-5-4-6(5)8-3-1/h5-6H,1-4H2. The van der Waals surface area contributed by atoms with Crippen LogP contribution in [0.4, 0.5) is 0 Å². The molecule has 2 unspecified atom stereocenters. The molecule has 2 rings (SSSR count). The minimum atomic E-state index is 0.470. The molecule has 2 fully saturated rings. The molecule has 0 aromatic carbocycles. The van der Waals surface area contributed by atoms with Gasteiger partial charge in [-0.3, -0.25) is 0 Å². The molecule has 1 heterocycles. The maximum atomic E-state index is 5.35. The summed E-state index contributed by atoms with van der Waals surface area (Å²) in [6, 6.07) is 0. The lowest BCUT2D eigenvalue weighted by Crippen LogP contribution is -1.96. The lowest BCUT2D eigenvalue weighted by Gasteiger charge is -1.93. The van der Waals surface area contributed by atoms with Crippen LogP contribution < -0.4 is 0 Å². The maximum Gasteiger partial charge on any atom is 0.0863 e. The van der Waals surface area contributed by atoms with Crippen molar-refractivity contribution in [2.75, 3.05) is 13.2 Å². The Hall–Kier alpha value is -0.0800. The van der Waals surface area contributed by atoms with Gasteiger partial charge in [0.25, 0.3) is 0 Å². The molecule has 0 aromatic rings. The monoisotopic (exact) mass is 114 g/mol. The molecule has 0 N–H and O–H groups in total. The topological polar surface area (TPSA) is 18.5 Å². The van der Waals surface area contributed by atoms with Crippen LogP contribution in [0.15, 0.2) is 0 Å². The Morgan fingerprint density at radius 2 is 1.62 bits per heavy atom. The van der Waals surface area contributed by atoms with Crippen molar-refractivity contribution in [3.63, 3.8) is 0 Å². The van der Waals surface area contributed by atoms with E-state index in [1.807, 2.05) is 0 Å². The first-order valence-electron chi connectivity index (χ1n) is 3.20. The van der Waals surface area contributed by atoms with Crippen molar-refractivity contribution in [2.45, 2.75) is 25.0 Å². The highest BCUT2D eigenvalue weighted by Gasteiger charge is 2.40. The first-order valence-corrected chi connectivity index (χ1v) is 3.20. The van der Waals surface area contributed by atoms with Crippen LogP contribution in [0.5, 0.6) is 0 Å². The highest BCUT2D eigenvalue weighted by atomic mass is 16.6. The van der Waals surface area contributed by atoms with E-state index in [2.05, 4.69) is 0 Å². The number of hydrogen-bond acceptors (Lipinski definition) is 2. The van der Waals surface area contributed by atoms with Gasteiger partial charge in [-0.05, 0) is 6.42 Å². The van der Waals surface area contributed by atoms with Gasteiger partial charge in [-0.2, -0.15) is 0 Å². The summed E-state index contributed by atoms with van der Waals surface area (Å²) in [5, 5.41) is 0. The molecule has 0 aromatic heterocycles. The van der Waals surface area contributed by atoms with Crippen molar-refractivity contribution in [3.8, 4) is 0 Å². The molecule has 2 atom stereocenters. The Morgan fingerprint density at radius 1 is 1.00 bits per heavy atom. The van der Waals surface area contributed by atoms with E-state index in [0.29, 0.717) is 12.2 Å². The van der Waals surface area contributed by atoms with Gasteiger partial charge in [-0.1, -0.05) is 0 Å². The van der Waals surface area contributed by atoms with Crippen LogP contribution in [0.2, 0.25) is 0 Å². The first-order chi connectivity index (χ1) is 3.97. The predicted molar refractivity (Wildman–Crippen MR) is 28.7 cm³/mol. The van der Waals surface area contributed by atoms with E-state index in [0.717, 1.165) is 26.1 Å². The zero-order valence-electron chi connectivity index (χ0n) is 4.80. The van der Waals surface area contributed by atoms with Gasteiger partial charge in [0.15, 0.2) is 0 Å². The third-order valence-electron chi connectivity index (χ3n) is 1.63. The van der Waals surface area contributed by atoms with Gasteiger partial charge < -0.3 is 9.47 Å². The zero-order valence-corrected chi connectivity index (χ0v) is 4.80. The van der Waals surface area contributed by atoms with Crippen LogP contribution in [0.3, 0.4) is 0 Å². The van der Waals surface area contributed by atoms with Crippen LogP contribution in [-0.4, -0.2) is 25.4 Å². The molecular formula is C6H10O2. The molecular weight excluding hydrogens is 104 g/mol. The third kappa shape index (κ3) is 0.740. The third-order valence-corrected chi connectivity index (χ3v) is 1.63. The Morgan fingerprint density at radius 3 is 2.25 bits per heavy atom. The highest BCUT2D eigenvalue weighted by Crippen LogP contribution is 2.30. The normalized spacial score (nSPS) is 45.0. The van der Waals surface area contributed by atoms with Crippen LogP contribution >= 0.6 is 0 Å². The molecule has 2 nitrogen and oxygen atoms in total. The summed E-state index contributed by atoms with van der Waals surface area (Å²) >= 11 is 0. The van der Waals surface area contributed by atoms with Crippen molar-refractivity contribution in [3.05, 3.63) is 0 Å². The summed E-state index contributed by atoms with van der Waals surface area (Å²) in [5.41, 5.74) is 0. The zero-order chi connectivity index (χ0) is 5.40. The lowest BCUT2D eigenvalue weighted by molar-refractivity contribution is 0.0972. The molecule has 2 heteroatoms. The molecule has 0 spiro atoms. The number of ether oxygens (including phenoxy) is 2. The lowest BCUT2D eigenvalue weighted by atomic mass is 10.5. The molecule has 0 radical (unpaired) electrons. The molecule has 8 heavy (non-hydrogen) atoms. The second-order valence-corrected chi connectivity index (χ2v) is 2.41. The molecule has 0 bridgehead atoms. The summed E-state index contributed by atoms with van der Waals surface area (Å²) in [4.78, 5) is 0. The van der Waals surface area contributed by atoms with Crippen molar-refractivity contribution in [2.24, 2.45) is 0 Å². The minimum Gasteiger partial charge on any atom is -0.375 e. The Bertz CT molecular complexity index is 82.5. The number of rotatable bonds is 0. The molecule has 2 aliphatic rings. The molecule has 1 aliphatic heterocycles. The second kappa shape index (κ2) is 1.71. The van der Waals surface area contributed by atoms with Crippen LogP contribution in [-0.2, 0) is 9.47 Å². The van der Waals surface area contributed by atoms with Gasteiger partial charge in [0.2, 0.25) is 0 Å². The van der Waals surface area contributed by atoms with Gasteiger partial charge in [0, 0.05) is 19.6 Å². The van der Waals surface area contributed by atoms with Gasteiger partial charge in [0.1, 0.15) is 0 Å². The fraction of sp³-hybridized carbons (Fsp3) is 1.00. The van der Waals surface area contributed by atoms with E-state index >= 15 is 0 Å². The summed E-state index contributed by atoms with van der Waals surface area (Å²) in [5.74, 6) is 0. The van der Waals surface area contributed by atoms with E-state index in [9.17, 15) is 0 Å². The van der Waals surface area contributed by atoms with E-state index < -0.39 is 0 Å². The molecule has 1 aliphatic carbocycles. The second-order valence-electron chi connectivity index (χ2n) is 2.41. The van der Waals surface area contributed by atoms with Crippen molar-refractivity contribution >= 4 is 0 Å². The van der Waals surface area contributed by atoms with Gasteiger partial charge in [-0.15, -0.1) is 0 Å². The first kappa shape index (κ1) is 4.77. The smallest absolute Gasteiger partial charge is 0.0863 e. The van der Waals surface area contributed by atoms with Crippen molar-refractivity contribution < 1.29 is 9.47 Å². The van der Waals surface area contributed by atoms with Gasteiger partial charge in [0.05, 0.1) is 12.2 Å². The number of hydrogen-bond donors (Lipinski definition) is 0. The summed E-state index contributed by atoms with van der Waals surface area (Å²) in [6.07, 6.45) is 3.16. The van der Waals surface area contributed by atoms with Crippen LogP contribution in [0.1, 0.15) is 12.8 Å². The highest BCUT2D eigenvalue weighted by molar-refractivity contribution is 4.90. The summed E-state index contributed by atoms with van der Waals surface area (Å²) in [6.45, 7) is 1.81. The van der Waals surface area contributed by atoms with Crippen molar-refractivity contribution in [1.29, 1.82) is 0 Å². The van der Waals surface area contributed by atoms with Gasteiger partial charge >= 0.3 is 0 Å². The SMILES string of the molecule is C1COC2CC2OC1. The van der Waals surface area contributed by atoms with Gasteiger partial charge in [-0.25, -0.2) is 0 Å². The Labute approximate surface area is 48.8 Å². The minimum absolute atomic E-state index is 0.470. The van der Waals surface area contributed by atoms with Crippen molar-refractivity contribution in [1.82, 2.24) is 0 Å². The quantitative estimate of drug-likeness (QED) is 0.458. The predicted octanol–water partition coefficient (Wildman–Crippen LogP) is 0.564. The fourth-order valence-corrected chi connectivity index (χ4v) is 1.03. The van der Waals surface area contributed by atoms with E-state index in [1.165, 1.54) is 0 Å². The van der Waals surface area contributed by atoms with E-state index in [4.69, 9.17) is 9.47 Å². The average Bonchev–Trinajstić information content (AvgIpc) is 2.36. The largest absolute Gasteiger partial charge is 0.375 e. The van der Waals surface area contributed by atoms with Crippen LogP contribution in [0.25, 0.3) is 0 Å². The van der Waals surface area contributed by atoms with E-state index in [-0.39, 0.29) is 0 Å². The van der Waals surface area contributed by atoms with E-state index in [1.54, 1.807) is 0 Å². The summed E-state index contributed by atoms with van der Waals surface area (Å²) in [7, 11) is 0. The summed E-state index contributed by atoms with van der Waals surface area (Å²) < 4.78 is 10.7.